The standard InChI is InChI=1S/C21H24ClN5O3S2/c1-13-8-6-7-9-18(13)27-15(3)24-25-21(27)31-14(2)20(28)23-16-10-11-17(22)19(12-16)32(29,30)26(4)5/h6-12,14H,1-5H3,(H,23,28). The number of thioether (sulfide) groups is 1. The summed E-state index contributed by atoms with van der Waals surface area (Å²) in [4.78, 5) is 12.8. The van der Waals surface area contributed by atoms with Gasteiger partial charge >= 0.3 is 0 Å². The van der Waals surface area contributed by atoms with E-state index in [4.69, 9.17) is 11.6 Å². The molecular formula is C21H24ClN5O3S2. The number of carbonyl (C=O) groups excluding carboxylic acids is 1. The van der Waals surface area contributed by atoms with Gasteiger partial charge in [-0.05, 0) is 50.6 Å². The summed E-state index contributed by atoms with van der Waals surface area (Å²) in [5.41, 5.74) is 2.34. The molecule has 170 valence electrons. The van der Waals surface area contributed by atoms with Gasteiger partial charge in [0.1, 0.15) is 10.7 Å². The molecule has 0 saturated heterocycles. The molecule has 1 atom stereocenters. The van der Waals surface area contributed by atoms with Crippen LogP contribution in [0.15, 0.2) is 52.5 Å². The second kappa shape index (κ2) is 9.62. The first kappa shape index (κ1) is 24.2. The number of anilines is 1. The number of hydrogen-bond donors (Lipinski definition) is 1. The maximum atomic E-state index is 12.8. The maximum absolute atomic E-state index is 12.8. The molecule has 1 aromatic heterocycles. The Balaban J connectivity index is 1.81. The number of hydrogen-bond acceptors (Lipinski definition) is 6. The zero-order chi connectivity index (χ0) is 23.6. The van der Waals surface area contributed by atoms with Gasteiger partial charge < -0.3 is 5.32 Å². The lowest BCUT2D eigenvalue weighted by atomic mass is 10.2. The number of halogens is 1. The normalized spacial score (nSPS) is 12.7. The number of nitrogens with one attached hydrogen (secondary N) is 1. The van der Waals surface area contributed by atoms with E-state index in [1.807, 2.05) is 42.7 Å². The van der Waals surface area contributed by atoms with Gasteiger partial charge in [-0.15, -0.1) is 10.2 Å². The molecule has 11 heteroatoms. The van der Waals surface area contributed by atoms with Crippen molar-refractivity contribution in [1.29, 1.82) is 0 Å². The number of amides is 1. The van der Waals surface area contributed by atoms with E-state index in [-0.39, 0.29) is 15.8 Å². The predicted molar refractivity (Wildman–Crippen MR) is 127 cm³/mol. The van der Waals surface area contributed by atoms with Gasteiger partial charge in [0.2, 0.25) is 15.9 Å². The molecule has 0 fully saturated rings. The minimum absolute atomic E-state index is 0.0720. The van der Waals surface area contributed by atoms with Crippen LogP contribution in [0, 0.1) is 13.8 Å². The number of sulfonamides is 1. The van der Waals surface area contributed by atoms with Gasteiger partial charge in [0.05, 0.1) is 16.0 Å². The smallest absolute Gasteiger partial charge is 0.244 e. The average molecular weight is 494 g/mol. The van der Waals surface area contributed by atoms with Gasteiger partial charge in [0.25, 0.3) is 0 Å². The first-order valence-electron chi connectivity index (χ1n) is 9.70. The highest BCUT2D eigenvalue weighted by Crippen LogP contribution is 2.29. The molecule has 1 amide bonds. The highest BCUT2D eigenvalue weighted by Gasteiger charge is 2.24. The Morgan fingerprint density at radius 1 is 1.16 bits per heavy atom. The summed E-state index contributed by atoms with van der Waals surface area (Å²) in [6.45, 7) is 5.60. The summed E-state index contributed by atoms with van der Waals surface area (Å²) in [6, 6.07) is 12.2. The lowest BCUT2D eigenvalue weighted by Gasteiger charge is -2.16. The van der Waals surface area contributed by atoms with Crippen LogP contribution in [0.3, 0.4) is 0 Å². The van der Waals surface area contributed by atoms with Crippen molar-refractivity contribution in [2.75, 3.05) is 19.4 Å². The number of aryl methyl sites for hydroxylation is 2. The molecule has 2 aromatic carbocycles. The van der Waals surface area contributed by atoms with E-state index in [0.29, 0.717) is 16.7 Å². The van der Waals surface area contributed by atoms with Crippen LogP contribution in [-0.2, 0) is 14.8 Å². The van der Waals surface area contributed by atoms with Crippen molar-refractivity contribution in [3.05, 3.63) is 58.9 Å². The van der Waals surface area contributed by atoms with Crippen molar-refractivity contribution >= 4 is 45.0 Å². The molecular weight excluding hydrogens is 470 g/mol. The molecule has 8 nitrogen and oxygen atoms in total. The Hall–Kier alpha value is -2.40. The van der Waals surface area contributed by atoms with Gasteiger partial charge in [0, 0.05) is 19.8 Å². The van der Waals surface area contributed by atoms with Gasteiger partial charge in [-0.25, -0.2) is 12.7 Å². The minimum Gasteiger partial charge on any atom is -0.325 e. The lowest BCUT2D eigenvalue weighted by Crippen LogP contribution is -2.24. The third-order valence-electron chi connectivity index (χ3n) is 4.76. The van der Waals surface area contributed by atoms with E-state index >= 15 is 0 Å². The summed E-state index contributed by atoms with van der Waals surface area (Å²) in [5.74, 6) is 0.410. The molecule has 3 rings (SSSR count). The number of nitrogens with zero attached hydrogens (tertiary/aromatic N) is 4. The Morgan fingerprint density at radius 2 is 1.84 bits per heavy atom. The van der Waals surface area contributed by atoms with Gasteiger partial charge in [-0.1, -0.05) is 41.6 Å². The van der Waals surface area contributed by atoms with Gasteiger partial charge in [-0.3, -0.25) is 9.36 Å². The largest absolute Gasteiger partial charge is 0.325 e. The van der Waals surface area contributed by atoms with Crippen LogP contribution in [0.1, 0.15) is 18.3 Å². The minimum atomic E-state index is -3.75. The fraction of sp³-hybridized carbons (Fsp3) is 0.286. The molecule has 1 unspecified atom stereocenters. The monoisotopic (exact) mass is 493 g/mol. The highest BCUT2D eigenvalue weighted by molar-refractivity contribution is 8.00. The van der Waals surface area contributed by atoms with E-state index in [9.17, 15) is 13.2 Å². The van der Waals surface area contributed by atoms with Crippen molar-refractivity contribution < 1.29 is 13.2 Å². The Kier molecular flexibility index (Phi) is 7.29. The van der Waals surface area contributed by atoms with E-state index in [1.165, 1.54) is 38.0 Å². The molecule has 32 heavy (non-hydrogen) atoms. The number of benzene rings is 2. The topological polar surface area (TPSA) is 97.2 Å². The molecule has 0 saturated carbocycles. The molecule has 0 aliphatic rings. The molecule has 0 aliphatic carbocycles. The molecule has 0 bridgehead atoms. The van der Waals surface area contributed by atoms with E-state index in [0.717, 1.165) is 15.6 Å². The van der Waals surface area contributed by atoms with Crippen LogP contribution >= 0.6 is 23.4 Å². The Labute approximate surface area is 197 Å². The third kappa shape index (κ3) is 4.98. The fourth-order valence-electron chi connectivity index (χ4n) is 2.94. The summed E-state index contributed by atoms with van der Waals surface area (Å²) >= 11 is 7.35. The number of aromatic nitrogens is 3. The number of rotatable bonds is 7. The van der Waals surface area contributed by atoms with Crippen LogP contribution < -0.4 is 5.32 Å². The van der Waals surface area contributed by atoms with Crippen molar-refractivity contribution in [3.63, 3.8) is 0 Å². The second-order valence-corrected chi connectivity index (χ2v) is 11.2. The first-order valence-corrected chi connectivity index (χ1v) is 12.4. The molecule has 1 heterocycles. The van der Waals surface area contributed by atoms with Gasteiger partial charge in [0.15, 0.2) is 5.16 Å². The predicted octanol–water partition coefficient (Wildman–Crippen LogP) is 3.91. The van der Waals surface area contributed by atoms with Crippen molar-refractivity contribution in [2.24, 2.45) is 0 Å². The summed E-state index contributed by atoms with van der Waals surface area (Å²) in [5, 5.41) is 11.3. The second-order valence-electron chi connectivity index (χ2n) is 7.33. The van der Waals surface area contributed by atoms with E-state index in [1.54, 1.807) is 13.0 Å². The summed E-state index contributed by atoms with van der Waals surface area (Å²) in [7, 11) is -0.911. The average Bonchev–Trinajstić information content (AvgIpc) is 3.09. The molecule has 0 radical (unpaired) electrons. The van der Waals surface area contributed by atoms with Crippen molar-refractivity contribution in [1.82, 2.24) is 19.1 Å². The zero-order valence-corrected chi connectivity index (χ0v) is 20.7. The number of carbonyl (C=O) groups is 1. The SMILES string of the molecule is Cc1ccccc1-n1c(C)nnc1SC(C)C(=O)Nc1ccc(Cl)c(S(=O)(=O)N(C)C)c1. The van der Waals surface area contributed by atoms with Crippen molar-refractivity contribution in [2.45, 2.75) is 36.1 Å². The highest BCUT2D eigenvalue weighted by atomic mass is 35.5. The molecule has 3 aromatic rings. The zero-order valence-electron chi connectivity index (χ0n) is 18.3. The van der Waals surface area contributed by atoms with Crippen LogP contribution in [-0.4, -0.2) is 52.7 Å². The Bertz CT molecular complexity index is 1260. The maximum Gasteiger partial charge on any atom is 0.244 e. The van der Waals surface area contributed by atoms with Crippen LogP contribution in [0.5, 0.6) is 0 Å². The third-order valence-corrected chi connectivity index (χ3v) is 8.10. The quantitative estimate of drug-likeness (QED) is 0.501. The summed E-state index contributed by atoms with van der Waals surface area (Å²) < 4.78 is 27.9. The summed E-state index contributed by atoms with van der Waals surface area (Å²) in [6.07, 6.45) is 0. The number of para-hydroxylation sites is 1. The molecule has 1 N–H and O–H groups in total. The van der Waals surface area contributed by atoms with Crippen molar-refractivity contribution in [3.8, 4) is 5.69 Å². The van der Waals surface area contributed by atoms with Crippen LogP contribution in [0.25, 0.3) is 5.69 Å². The Morgan fingerprint density at radius 3 is 2.50 bits per heavy atom. The fourth-order valence-corrected chi connectivity index (χ4v) is 5.24. The molecule has 0 aliphatic heterocycles. The van der Waals surface area contributed by atoms with E-state index < -0.39 is 15.3 Å². The van der Waals surface area contributed by atoms with E-state index in [2.05, 4.69) is 15.5 Å². The van der Waals surface area contributed by atoms with Gasteiger partial charge in [-0.2, -0.15) is 0 Å². The van der Waals surface area contributed by atoms with Crippen LogP contribution in [0.2, 0.25) is 5.02 Å². The lowest BCUT2D eigenvalue weighted by molar-refractivity contribution is -0.115. The molecule has 0 spiro atoms. The first-order chi connectivity index (χ1) is 15.0. The van der Waals surface area contributed by atoms with Crippen LogP contribution in [0.4, 0.5) is 5.69 Å².